The molecule has 0 atom stereocenters. The van der Waals surface area contributed by atoms with Gasteiger partial charge >= 0.3 is 12.4 Å². The van der Waals surface area contributed by atoms with Crippen LogP contribution in [-0.2, 0) is 12.4 Å². The van der Waals surface area contributed by atoms with Gasteiger partial charge in [0.2, 0.25) is 0 Å². The highest BCUT2D eigenvalue weighted by atomic mass is 19.4. The maximum atomic E-state index is 13.3. The van der Waals surface area contributed by atoms with Crippen LogP contribution in [0.1, 0.15) is 11.3 Å². The zero-order chi connectivity index (χ0) is 17.5. The topological polar surface area (TPSA) is 25.8 Å². The van der Waals surface area contributed by atoms with Crippen molar-refractivity contribution in [2.75, 3.05) is 0 Å². The number of pyridine rings is 2. The van der Waals surface area contributed by atoms with Crippen LogP contribution in [0.15, 0.2) is 42.6 Å². The smallest absolute Gasteiger partial charge is 0.256 e. The standard InChI is InChI=1S/C16H7F6N2/c17-15(18,19)11-5-3-4-9-8-10(12-6-1-2-7-23-12)14(16(20,21)22)24-13(9)11/h1-7H. The molecule has 8 heteroatoms. The average molecular weight is 341 g/mol. The molecule has 0 aliphatic carbocycles. The van der Waals surface area contributed by atoms with Gasteiger partial charge in [-0.2, -0.15) is 26.3 Å². The Bertz CT molecular complexity index is 885. The van der Waals surface area contributed by atoms with Crippen LogP contribution in [-0.4, -0.2) is 9.97 Å². The first kappa shape index (κ1) is 16.2. The lowest BCUT2D eigenvalue weighted by atomic mass is 10.0. The molecule has 3 aromatic rings. The number of nitrogens with zero attached hydrogens (tertiary/aromatic N) is 2. The molecule has 0 amide bonds. The number of benzene rings is 1. The SMILES string of the molecule is FC(F)(F)c1nc2c(C(F)(F)F)cccc2[c]c1-c1ccccn1. The molecule has 1 aromatic carbocycles. The third-order valence-corrected chi connectivity index (χ3v) is 3.25. The minimum atomic E-state index is -4.95. The Kier molecular flexibility index (Phi) is 3.70. The van der Waals surface area contributed by atoms with E-state index < -0.39 is 34.7 Å². The van der Waals surface area contributed by atoms with Crippen molar-refractivity contribution in [3.05, 3.63) is 59.9 Å². The molecule has 3 rings (SSSR count). The summed E-state index contributed by atoms with van der Waals surface area (Å²) in [4.78, 5) is 7.08. The van der Waals surface area contributed by atoms with E-state index in [0.29, 0.717) is 6.07 Å². The molecule has 2 heterocycles. The van der Waals surface area contributed by atoms with Gasteiger partial charge in [0.1, 0.15) is 0 Å². The van der Waals surface area contributed by atoms with E-state index in [0.717, 1.165) is 6.07 Å². The molecule has 0 saturated carbocycles. The summed E-state index contributed by atoms with van der Waals surface area (Å²) in [5, 5.41) is -0.168. The Hall–Kier alpha value is -2.64. The molecule has 123 valence electrons. The molecule has 2 aromatic heterocycles. The summed E-state index contributed by atoms with van der Waals surface area (Å²) >= 11 is 0. The summed E-state index contributed by atoms with van der Waals surface area (Å²) in [5.41, 5.74) is -4.05. The molecule has 2 nitrogen and oxygen atoms in total. The second-order valence-electron chi connectivity index (χ2n) is 4.87. The molecule has 0 aliphatic heterocycles. The highest BCUT2D eigenvalue weighted by molar-refractivity contribution is 5.86. The fraction of sp³-hybridized carbons (Fsp3) is 0.125. The van der Waals surface area contributed by atoms with Gasteiger partial charge in [-0.25, -0.2) is 4.98 Å². The van der Waals surface area contributed by atoms with Gasteiger partial charge in [0.05, 0.1) is 16.8 Å². The third-order valence-electron chi connectivity index (χ3n) is 3.25. The Labute approximate surface area is 131 Å². The number of rotatable bonds is 1. The number of halogens is 6. The van der Waals surface area contributed by atoms with Crippen LogP contribution in [0.25, 0.3) is 22.2 Å². The van der Waals surface area contributed by atoms with E-state index in [4.69, 9.17) is 0 Å². The fourth-order valence-electron chi connectivity index (χ4n) is 2.26. The van der Waals surface area contributed by atoms with Crippen LogP contribution in [0.3, 0.4) is 0 Å². The number of alkyl halides is 6. The summed E-state index contributed by atoms with van der Waals surface area (Å²) < 4.78 is 79.0. The first-order chi connectivity index (χ1) is 11.2. The molecule has 0 saturated heterocycles. The normalized spacial score (nSPS) is 12.6. The maximum absolute atomic E-state index is 13.3. The Morgan fingerprint density at radius 2 is 1.58 bits per heavy atom. The lowest BCUT2D eigenvalue weighted by molar-refractivity contribution is -0.141. The van der Waals surface area contributed by atoms with E-state index in [-0.39, 0.29) is 11.1 Å². The Balaban J connectivity index is 2.38. The Morgan fingerprint density at radius 1 is 0.833 bits per heavy atom. The number of fused-ring (bicyclic) bond motifs is 1. The second-order valence-corrected chi connectivity index (χ2v) is 4.87. The van der Waals surface area contributed by atoms with Crippen LogP contribution >= 0.6 is 0 Å². The molecular weight excluding hydrogens is 334 g/mol. The number of hydrogen-bond acceptors (Lipinski definition) is 2. The molecule has 0 bridgehead atoms. The van der Waals surface area contributed by atoms with Gasteiger partial charge < -0.3 is 0 Å². The lowest BCUT2D eigenvalue weighted by Gasteiger charge is -2.15. The van der Waals surface area contributed by atoms with Gasteiger partial charge in [0.15, 0.2) is 5.69 Å². The van der Waals surface area contributed by atoms with Crippen molar-refractivity contribution >= 4 is 10.9 Å². The zero-order valence-electron chi connectivity index (χ0n) is 11.7. The van der Waals surface area contributed by atoms with Crippen molar-refractivity contribution in [3.63, 3.8) is 0 Å². The average Bonchev–Trinajstić information content (AvgIpc) is 2.52. The molecule has 0 unspecified atom stereocenters. The van der Waals surface area contributed by atoms with Gasteiger partial charge in [-0.15, -0.1) is 0 Å². The van der Waals surface area contributed by atoms with E-state index in [2.05, 4.69) is 16.0 Å². The van der Waals surface area contributed by atoms with Gasteiger partial charge in [0, 0.05) is 23.2 Å². The summed E-state index contributed by atoms with van der Waals surface area (Å²) in [7, 11) is 0. The molecule has 0 fully saturated rings. The van der Waals surface area contributed by atoms with Crippen molar-refractivity contribution in [2.24, 2.45) is 0 Å². The summed E-state index contributed by atoms with van der Waals surface area (Å²) in [6.07, 6.45) is -8.49. The number of hydrogen-bond donors (Lipinski definition) is 0. The molecule has 0 N–H and O–H groups in total. The van der Waals surface area contributed by atoms with Gasteiger partial charge in [0.25, 0.3) is 0 Å². The predicted octanol–water partition coefficient (Wildman–Crippen LogP) is 5.13. The third kappa shape index (κ3) is 2.91. The second kappa shape index (κ2) is 5.47. The molecule has 1 radical (unpaired) electrons. The molecular formula is C16H7F6N2. The molecule has 0 aliphatic rings. The maximum Gasteiger partial charge on any atom is 0.434 e. The van der Waals surface area contributed by atoms with E-state index in [1.54, 1.807) is 0 Å². The van der Waals surface area contributed by atoms with E-state index in [1.165, 1.54) is 30.5 Å². The highest BCUT2D eigenvalue weighted by Crippen LogP contribution is 2.39. The van der Waals surface area contributed by atoms with Gasteiger partial charge in [-0.1, -0.05) is 18.2 Å². The zero-order valence-corrected chi connectivity index (χ0v) is 11.7. The van der Waals surface area contributed by atoms with Crippen LogP contribution < -0.4 is 0 Å². The van der Waals surface area contributed by atoms with E-state index >= 15 is 0 Å². The van der Waals surface area contributed by atoms with Crippen molar-refractivity contribution in [1.29, 1.82) is 0 Å². The van der Waals surface area contributed by atoms with Crippen molar-refractivity contribution in [2.45, 2.75) is 12.4 Å². The fourth-order valence-corrected chi connectivity index (χ4v) is 2.26. The minimum absolute atomic E-state index is 0.0726. The first-order valence-electron chi connectivity index (χ1n) is 6.60. The van der Waals surface area contributed by atoms with E-state index in [1.807, 2.05) is 0 Å². The number of aromatic nitrogens is 2. The van der Waals surface area contributed by atoms with E-state index in [9.17, 15) is 26.3 Å². The quantitative estimate of drug-likeness (QED) is 0.573. The molecule has 24 heavy (non-hydrogen) atoms. The molecule has 0 spiro atoms. The summed E-state index contributed by atoms with van der Waals surface area (Å²) in [5.74, 6) is 0. The van der Waals surface area contributed by atoms with Crippen LogP contribution in [0.5, 0.6) is 0 Å². The summed E-state index contributed by atoms with van der Waals surface area (Å²) in [6.45, 7) is 0. The van der Waals surface area contributed by atoms with Gasteiger partial charge in [-0.3, -0.25) is 4.98 Å². The Morgan fingerprint density at radius 3 is 2.17 bits per heavy atom. The predicted molar refractivity (Wildman–Crippen MR) is 73.8 cm³/mol. The van der Waals surface area contributed by atoms with Crippen LogP contribution in [0.2, 0.25) is 0 Å². The summed E-state index contributed by atoms with van der Waals surface area (Å²) in [6, 6.07) is 9.67. The van der Waals surface area contributed by atoms with Gasteiger partial charge in [-0.05, 0) is 18.2 Å². The first-order valence-corrected chi connectivity index (χ1v) is 6.60. The van der Waals surface area contributed by atoms with Crippen LogP contribution in [0.4, 0.5) is 26.3 Å². The lowest BCUT2D eigenvalue weighted by Crippen LogP contribution is -2.13. The van der Waals surface area contributed by atoms with Crippen molar-refractivity contribution in [3.8, 4) is 11.3 Å². The monoisotopic (exact) mass is 341 g/mol. The van der Waals surface area contributed by atoms with Crippen molar-refractivity contribution < 1.29 is 26.3 Å². The minimum Gasteiger partial charge on any atom is -0.256 e. The van der Waals surface area contributed by atoms with Crippen molar-refractivity contribution in [1.82, 2.24) is 9.97 Å². The van der Waals surface area contributed by atoms with Crippen LogP contribution in [0, 0.1) is 6.07 Å². The highest BCUT2D eigenvalue weighted by Gasteiger charge is 2.39. The largest absolute Gasteiger partial charge is 0.434 e. The number of para-hydroxylation sites is 1.